The van der Waals surface area contributed by atoms with Crippen LogP contribution in [0.1, 0.15) is 33.8 Å². The summed E-state index contributed by atoms with van der Waals surface area (Å²) in [6, 6.07) is 5.43. The van der Waals surface area contributed by atoms with Gasteiger partial charge in [0.05, 0.1) is 11.4 Å². The molecule has 3 aromatic rings. The highest BCUT2D eigenvalue weighted by atomic mass is 32.2. The number of nitrogens with zero attached hydrogens (tertiary/aromatic N) is 2. The molecule has 0 unspecified atom stereocenters. The summed E-state index contributed by atoms with van der Waals surface area (Å²) >= 11 is 2.36. The minimum Gasteiger partial charge on any atom is -0.338 e. The first kappa shape index (κ1) is 21.0. The number of sulfonamides is 1. The fraction of sp³-hybridized carbons (Fsp3) is 0.300. The van der Waals surface area contributed by atoms with Crippen molar-refractivity contribution in [2.75, 3.05) is 17.8 Å². The van der Waals surface area contributed by atoms with Crippen LogP contribution in [0.5, 0.6) is 0 Å². The van der Waals surface area contributed by atoms with Crippen LogP contribution in [0, 0.1) is 19.7 Å². The summed E-state index contributed by atoms with van der Waals surface area (Å²) in [6.07, 6.45) is 2.03. The molecular weight excluding hydrogens is 445 g/mol. The molecule has 1 aliphatic rings. The van der Waals surface area contributed by atoms with Crippen LogP contribution in [0.25, 0.3) is 10.6 Å². The van der Waals surface area contributed by atoms with Crippen molar-refractivity contribution in [3.05, 3.63) is 51.6 Å². The van der Waals surface area contributed by atoms with E-state index in [0.29, 0.717) is 32.4 Å². The molecule has 0 bridgehead atoms. The van der Waals surface area contributed by atoms with Gasteiger partial charge in [-0.15, -0.1) is 22.7 Å². The van der Waals surface area contributed by atoms with E-state index in [2.05, 4.69) is 9.71 Å². The van der Waals surface area contributed by atoms with Crippen LogP contribution in [0.15, 0.2) is 33.9 Å². The third-order valence-electron chi connectivity index (χ3n) is 4.90. The average Bonchev–Trinajstić information content (AvgIpc) is 3.43. The fourth-order valence-electron chi connectivity index (χ4n) is 3.29. The van der Waals surface area contributed by atoms with Gasteiger partial charge in [0.2, 0.25) is 0 Å². The van der Waals surface area contributed by atoms with E-state index in [9.17, 15) is 17.6 Å². The Balaban J connectivity index is 1.58. The van der Waals surface area contributed by atoms with Gasteiger partial charge in [-0.05, 0) is 56.5 Å². The van der Waals surface area contributed by atoms with E-state index >= 15 is 0 Å². The van der Waals surface area contributed by atoms with Crippen LogP contribution < -0.4 is 4.72 Å². The fourth-order valence-corrected chi connectivity index (χ4v) is 6.68. The van der Waals surface area contributed by atoms with Crippen molar-refractivity contribution >= 4 is 44.3 Å². The number of rotatable bonds is 5. The molecule has 1 amide bonds. The molecule has 0 saturated carbocycles. The third-order valence-corrected chi connectivity index (χ3v) is 8.90. The van der Waals surface area contributed by atoms with Crippen molar-refractivity contribution in [3.63, 3.8) is 0 Å². The number of halogens is 1. The topological polar surface area (TPSA) is 79.4 Å². The Labute approximate surface area is 182 Å². The maximum atomic E-state index is 13.3. The number of benzene rings is 1. The number of nitrogens with one attached hydrogen (secondary N) is 1. The summed E-state index contributed by atoms with van der Waals surface area (Å²) in [7, 11) is -3.82. The lowest BCUT2D eigenvalue weighted by Gasteiger charge is -2.13. The van der Waals surface area contributed by atoms with E-state index in [1.807, 2.05) is 4.90 Å². The molecule has 158 valence electrons. The van der Waals surface area contributed by atoms with Crippen molar-refractivity contribution < 1.29 is 17.6 Å². The summed E-state index contributed by atoms with van der Waals surface area (Å²) in [5.41, 5.74) is 2.14. The highest BCUT2D eigenvalue weighted by Crippen LogP contribution is 2.34. The number of aryl methyl sites for hydroxylation is 2. The SMILES string of the molecule is Cc1cc(F)ccc1NS(=O)(=O)c1cc(-c2nc(C)c(C(=O)N3CCCC3)s2)cs1. The lowest BCUT2D eigenvalue weighted by molar-refractivity contribution is 0.0796. The standard InChI is InChI=1S/C20H20FN3O3S3/c1-12-9-15(21)5-6-16(12)23-30(26,27)17-10-14(11-28-17)19-22-13(2)18(29-19)20(25)24-7-3-4-8-24/h5-6,9-11,23H,3-4,7-8H2,1-2H3. The van der Waals surface area contributed by atoms with Crippen molar-refractivity contribution in [1.29, 1.82) is 0 Å². The van der Waals surface area contributed by atoms with Crippen LogP contribution in [0.3, 0.4) is 0 Å². The minimum atomic E-state index is -3.82. The molecule has 1 aliphatic heterocycles. The molecule has 0 atom stereocenters. The molecule has 0 spiro atoms. The lowest BCUT2D eigenvalue weighted by Crippen LogP contribution is -2.27. The van der Waals surface area contributed by atoms with Gasteiger partial charge in [-0.3, -0.25) is 9.52 Å². The summed E-state index contributed by atoms with van der Waals surface area (Å²) < 4.78 is 41.4. The normalized spacial score (nSPS) is 14.3. The number of carbonyl (C=O) groups excluding carboxylic acids is 1. The Bertz CT molecular complexity index is 1210. The van der Waals surface area contributed by atoms with Crippen LogP contribution in [-0.2, 0) is 10.0 Å². The quantitative estimate of drug-likeness (QED) is 0.594. The van der Waals surface area contributed by atoms with Crippen molar-refractivity contribution in [2.24, 2.45) is 0 Å². The molecule has 6 nitrogen and oxygen atoms in total. The van der Waals surface area contributed by atoms with Crippen LogP contribution in [-0.4, -0.2) is 37.3 Å². The average molecular weight is 466 g/mol. The number of thiazole rings is 1. The van der Waals surface area contributed by atoms with Crippen LogP contribution in [0.4, 0.5) is 10.1 Å². The predicted octanol–water partition coefficient (Wildman–Crippen LogP) is 4.66. The first-order valence-electron chi connectivity index (χ1n) is 9.39. The van der Waals surface area contributed by atoms with Gasteiger partial charge >= 0.3 is 0 Å². The Morgan fingerprint density at radius 3 is 2.63 bits per heavy atom. The number of aromatic nitrogens is 1. The molecule has 1 N–H and O–H groups in total. The summed E-state index contributed by atoms with van der Waals surface area (Å²) in [5.74, 6) is -0.433. The number of carbonyl (C=O) groups is 1. The zero-order valence-corrected chi connectivity index (χ0v) is 18.9. The van der Waals surface area contributed by atoms with E-state index in [4.69, 9.17) is 0 Å². The largest absolute Gasteiger partial charge is 0.338 e. The molecule has 4 rings (SSSR count). The molecule has 1 fully saturated rings. The van der Waals surface area contributed by atoms with Gasteiger partial charge in [0, 0.05) is 24.0 Å². The van der Waals surface area contributed by atoms with Gasteiger partial charge in [0.1, 0.15) is 19.9 Å². The Hall–Kier alpha value is -2.30. The number of anilines is 1. The monoisotopic (exact) mass is 465 g/mol. The zero-order chi connectivity index (χ0) is 21.5. The first-order chi connectivity index (χ1) is 14.2. The highest BCUT2D eigenvalue weighted by Gasteiger charge is 2.25. The van der Waals surface area contributed by atoms with Gasteiger partial charge in [0.25, 0.3) is 15.9 Å². The van der Waals surface area contributed by atoms with Gasteiger partial charge in [-0.1, -0.05) is 0 Å². The predicted molar refractivity (Wildman–Crippen MR) is 117 cm³/mol. The zero-order valence-electron chi connectivity index (χ0n) is 16.4. The van der Waals surface area contributed by atoms with Crippen molar-refractivity contribution in [1.82, 2.24) is 9.88 Å². The first-order valence-corrected chi connectivity index (χ1v) is 12.6. The number of amides is 1. The van der Waals surface area contributed by atoms with Crippen LogP contribution in [0.2, 0.25) is 0 Å². The maximum Gasteiger partial charge on any atom is 0.271 e. The lowest BCUT2D eigenvalue weighted by atomic mass is 10.2. The summed E-state index contributed by atoms with van der Waals surface area (Å²) in [4.78, 5) is 19.6. The molecular formula is C20H20FN3O3S3. The van der Waals surface area contributed by atoms with E-state index in [-0.39, 0.29) is 10.1 Å². The molecule has 2 aromatic heterocycles. The maximum absolute atomic E-state index is 13.3. The second kappa shape index (κ2) is 8.09. The van der Waals surface area contributed by atoms with Crippen molar-refractivity contribution in [2.45, 2.75) is 30.9 Å². The number of hydrogen-bond donors (Lipinski definition) is 1. The smallest absolute Gasteiger partial charge is 0.271 e. The molecule has 1 aromatic carbocycles. The number of likely N-dealkylation sites (tertiary alicyclic amines) is 1. The molecule has 1 saturated heterocycles. The van der Waals surface area contributed by atoms with Gasteiger partial charge in [-0.2, -0.15) is 0 Å². The summed E-state index contributed by atoms with van der Waals surface area (Å²) in [5, 5.41) is 2.33. The summed E-state index contributed by atoms with van der Waals surface area (Å²) in [6.45, 7) is 4.96. The Morgan fingerprint density at radius 2 is 1.93 bits per heavy atom. The molecule has 30 heavy (non-hydrogen) atoms. The van der Waals surface area contributed by atoms with Gasteiger partial charge < -0.3 is 4.90 Å². The Morgan fingerprint density at radius 1 is 1.20 bits per heavy atom. The third kappa shape index (κ3) is 4.12. The molecule has 0 aliphatic carbocycles. The van der Waals surface area contributed by atoms with E-state index < -0.39 is 15.8 Å². The van der Waals surface area contributed by atoms with Gasteiger partial charge in [-0.25, -0.2) is 17.8 Å². The Kier molecular flexibility index (Phi) is 5.65. The number of thiophene rings is 1. The van der Waals surface area contributed by atoms with Crippen molar-refractivity contribution in [3.8, 4) is 10.6 Å². The number of hydrogen-bond acceptors (Lipinski definition) is 6. The second-order valence-electron chi connectivity index (χ2n) is 7.15. The van der Waals surface area contributed by atoms with E-state index in [0.717, 1.165) is 37.3 Å². The van der Waals surface area contributed by atoms with Crippen LogP contribution >= 0.6 is 22.7 Å². The minimum absolute atomic E-state index is 0.00900. The van der Waals surface area contributed by atoms with E-state index in [1.165, 1.54) is 29.5 Å². The molecule has 10 heteroatoms. The highest BCUT2D eigenvalue weighted by molar-refractivity contribution is 7.94. The van der Waals surface area contributed by atoms with Gasteiger partial charge in [0.15, 0.2) is 0 Å². The second-order valence-corrected chi connectivity index (χ2v) is 11.0. The molecule has 3 heterocycles. The molecule has 0 radical (unpaired) electrons. The van der Waals surface area contributed by atoms with E-state index in [1.54, 1.807) is 25.3 Å².